The van der Waals surface area contributed by atoms with E-state index in [0.29, 0.717) is 17.1 Å². The van der Waals surface area contributed by atoms with Gasteiger partial charge in [-0.15, -0.1) is 11.3 Å². The standard InChI is InChI=1S/C11H12N2O3S2/c1-16-10-5-3-2-4-9(10)13-18(14,15)11-6-8(12)7-17-11/h2-7,13H,12H2,1H3. The molecule has 3 N–H and O–H groups in total. The van der Waals surface area contributed by atoms with Crippen LogP contribution in [0.1, 0.15) is 0 Å². The van der Waals surface area contributed by atoms with E-state index in [9.17, 15) is 8.42 Å². The van der Waals surface area contributed by atoms with Gasteiger partial charge in [-0.3, -0.25) is 4.72 Å². The lowest BCUT2D eigenvalue weighted by molar-refractivity contribution is 0.417. The molecular weight excluding hydrogens is 272 g/mol. The van der Waals surface area contributed by atoms with Gasteiger partial charge < -0.3 is 10.5 Å². The van der Waals surface area contributed by atoms with E-state index < -0.39 is 10.0 Å². The summed E-state index contributed by atoms with van der Waals surface area (Å²) in [4.78, 5) is 0. The molecule has 1 aromatic heterocycles. The Morgan fingerprint density at radius 2 is 2.06 bits per heavy atom. The summed E-state index contributed by atoms with van der Waals surface area (Å²) in [5, 5.41) is 1.58. The number of nitrogens with one attached hydrogen (secondary N) is 1. The number of benzene rings is 1. The van der Waals surface area contributed by atoms with Gasteiger partial charge in [-0.1, -0.05) is 12.1 Å². The number of ether oxygens (including phenoxy) is 1. The first kappa shape index (κ1) is 12.7. The van der Waals surface area contributed by atoms with Crippen LogP contribution in [0.4, 0.5) is 11.4 Å². The molecule has 0 spiro atoms. The second-order valence-electron chi connectivity index (χ2n) is 3.50. The van der Waals surface area contributed by atoms with Crippen molar-refractivity contribution in [2.45, 2.75) is 4.21 Å². The third-order valence-corrected chi connectivity index (χ3v) is 5.04. The van der Waals surface area contributed by atoms with Crippen LogP contribution in [0, 0.1) is 0 Å². The summed E-state index contributed by atoms with van der Waals surface area (Å²) >= 11 is 1.07. The minimum absolute atomic E-state index is 0.172. The second kappa shape index (κ2) is 4.87. The zero-order chi connectivity index (χ0) is 13.2. The van der Waals surface area contributed by atoms with Gasteiger partial charge in [-0.2, -0.15) is 0 Å². The van der Waals surface area contributed by atoms with E-state index in [1.54, 1.807) is 29.6 Å². The molecule has 5 nitrogen and oxygen atoms in total. The third kappa shape index (κ3) is 2.57. The average Bonchev–Trinajstić information content (AvgIpc) is 2.77. The highest BCUT2D eigenvalue weighted by Crippen LogP contribution is 2.28. The summed E-state index contributed by atoms with van der Waals surface area (Å²) in [5.74, 6) is 0.464. The maximum atomic E-state index is 12.1. The van der Waals surface area contributed by atoms with E-state index in [2.05, 4.69) is 4.72 Å². The Morgan fingerprint density at radius 1 is 1.33 bits per heavy atom. The van der Waals surface area contributed by atoms with Crippen molar-refractivity contribution in [2.24, 2.45) is 0 Å². The zero-order valence-corrected chi connectivity index (χ0v) is 11.2. The molecule has 96 valence electrons. The molecule has 0 atom stereocenters. The SMILES string of the molecule is COc1ccccc1NS(=O)(=O)c1cc(N)cs1. The van der Waals surface area contributed by atoms with Gasteiger partial charge in [0.1, 0.15) is 9.96 Å². The highest BCUT2D eigenvalue weighted by Gasteiger charge is 2.18. The lowest BCUT2D eigenvalue weighted by Crippen LogP contribution is -2.12. The Kier molecular flexibility index (Phi) is 3.44. The normalized spacial score (nSPS) is 11.2. The van der Waals surface area contributed by atoms with Crippen LogP contribution in [0.5, 0.6) is 5.75 Å². The summed E-state index contributed by atoms with van der Waals surface area (Å²) in [6, 6.07) is 8.22. The zero-order valence-electron chi connectivity index (χ0n) is 9.58. The van der Waals surface area contributed by atoms with Gasteiger partial charge in [0.05, 0.1) is 12.8 Å². The molecule has 0 radical (unpaired) electrons. The molecule has 0 fully saturated rings. The Morgan fingerprint density at radius 3 is 2.67 bits per heavy atom. The molecule has 2 aromatic rings. The molecule has 0 unspecified atom stereocenters. The van der Waals surface area contributed by atoms with E-state index in [0.717, 1.165) is 11.3 Å². The van der Waals surface area contributed by atoms with Crippen molar-refractivity contribution in [3.63, 3.8) is 0 Å². The summed E-state index contributed by atoms with van der Waals surface area (Å²) in [7, 11) is -2.13. The lowest BCUT2D eigenvalue weighted by Gasteiger charge is -2.10. The fourth-order valence-electron chi connectivity index (χ4n) is 1.40. The van der Waals surface area contributed by atoms with E-state index in [1.165, 1.54) is 13.2 Å². The molecule has 0 aliphatic heterocycles. The van der Waals surface area contributed by atoms with E-state index in [4.69, 9.17) is 10.5 Å². The minimum Gasteiger partial charge on any atom is -0.495 e. The maximum absolute atomic E-state index is 12.1. The summed E-state index contributed by atoms with van der Waals surface area (Å²) < 4.78 is 31.9. The number of thiophene rings is 1. The number of hydrogen-bond acceptors (Lipinski definition) is 5. The fraction of sp³-hybridized carbons (Fsp3) is 0.0909. The smallest absolute Gasteiger partial charge is 0.271 e. The van der Waals surface area contributed by atoms with E-state index >= 15 is 0 Å². The number of hydrogen-bond donors (Lipinski definition) is 2. The topological polar surface area (TPSA) is 81.4 Å². The van der Waals surface area contributed by atoms with Crippen LogP contribution in [-0.2, 0) is 10.0 Å². The van der Waals surface area contributed by atoms with Crippen molar-refractivity contribution < 1.29 is 13.2 Å². The van der Waals surface area contributed by atoms with Crippen molar-refractivity contribution in [1.29, 1.82) is 0 Å². The molecule has 18 heavy (non-hydrogen) atoms. The molecular formula is C11H12N2O3S2. The number of methoxy groups -OCH3 is 1. The molecule has 0 saturated carbocycles. The van der Waals surface area contributed by atoms with Gasteiger partial charge in [-0.05, 0) is 18.2 Å². The van der Waals surface area contributed by atoms with Crippen molar-refractivity contribution in [3.8, 4) is 5.75 Å². The number of anilines is 2. The number of rotatable bonds is 4. The minimum atomic E-state index is -3.62. The maximum Gasteiger partial charge on any atom is 0.271 e. The van der Waals surface area contributed by atoms with Gasteiger partial charge in [0.15, 0.2) is 0 Å². The van der Waals surface area contributed by atoms with Crippen molar-refractivity contribution in [2.75, 3.05) is 17.6 Å². The van der Waals surface area contributed by atoms with Crippen molar-refractivity contribution in [3.05, 3.63) is 35.7 Å². The molecule has 0 aliphatic carbocycles. The third-order valence-electron chi connectivity index (χ3n) is 2.21. The lowest BCUT2D eigenvalue weighted by atomic mass is 10.3. The number of nitrogen functional groups attached to an aromatic ring is 1. The quantitative estimate of drug-likeness (QED) is 0.901. The predicted molar refractivity (Wildman–Crippen MR) is 72.5 cm³/mol. The van der Waals surface area contributed by atoms with Crippen LogP contribution in [0.3, 0.4) is 0 Å². The molecule has 0 saturated heterocycles. The Balaban J connectivity index is 2.33. The Bertz CT molecular complexity index is 650. The predicted octanol–water partition coefficient (Wildman–Crippen LogP) is 2.14. The molecule has 0 bridgehead atoms. The highest BCUT2D eigenvalue weighted by molar-refractivity contribution is 7.94. The average molecular weight is 284 g/mol. The van der Waals surface area contributed by atoms with Gasteiger partial charge in [0, 0.05) is 11.1 Å². The van der Waals surface area contributed by atoms with Gasteiger partial charge in [-0.25, -0.2) is 8.42 Å². The Labute approximate surface area is 109 Å². The van der Waals surface area contributed by atoms with Crippen LogP contribution in [0.25, 0.3) is 0 Å². The molecule has 2 rings (SSSR count). The van der Waals surface area contributed by atoms with Gasteiger partial charge >= 0.3 is 0 Å². The first-order valence-electron chi connectivity index (χ1n) is 5.03. The van der Waals surface area contributed by atoms with Crippen LogP contribution >= 0.6 is 11.3 Å². The van der Waals surface area contributed by atoms with Crippen LogP contribution < -0.4 is 15.2 Å². The molecule has 1 aromatic carbocycles. The largest absolute Gasteiger partial charge is 0.495 e. The summed E-state index contributed by atoms with van der Waals surface area (Å²) in [6.07, 6.45) is 0. The number of nitrogens with two attached hydrogens (primary N) is 1. The number of sulfonamides is 1. The summed E-state index contributed by atoms with van der Waals surface area (Å²) in [6.45, 7) is 0. The van der Waals surface area contributed by atoms with Gasteiger partial charge in [0.25, 0.3) is 10.0 Å². The fourth-order valence-corrected chi connectivity index (χ4v) is 3.55. The number of para-hydroxylation sites is 2. The van der Waals surface area contributed by atoms with Gasteiger partial charge in [0.2, 0.25) is 0 Å². The van der Waals surface area contributed by atoms with Crippen molar-refractivity contribution >= 4 is 32.7 Å². The van der Waals surface area contributed by atoms with E-state index in [-0.39, 0.29) is 4.21 Å². The van der Waals surface area contributed by atoms with Crippen LogP contribution in [-0.4, -0.2) is 15.5 Å². The monoisotopic (exact) mass is 284 g/mol. The second-order valence-corrected chi connectivity index (χ2v) is 6.33. The first-order chi connectivity index (χ1) is 8.53. The molecule has 0 amide bonds. The molecule has 1 heterocycles. The molecule has 7 heteroatoms. The Hall–Kier alpha value is -1.73. The van der Waals surface area contributed by atoms with E-state index in [1.807, 2.05) is 0 Å². The van der Waals surface area contributed by atoms with Crippen LogP contribution in [0.15, 0.2) is 39.9 Å². The first-order valence-corrected chi connectivity index (χ1v) is 7.39. The molecule has 0 aliphatic rings. The summed E-state index contributed by atoms with van der Waals surface area (Å²) in [5.41, 5.74) is 6.34. The highest BCUT2D eigenvalue weighted by atomic mass is 32.2. The van der Waals surface area contributed by atoms with Crippen molar-refractivity contribution in [1.82, 2.24) is 0 Å². The van der Waals surface area contributed by atoms with Crippen LogP contribution in [0.2, 0.25) is 0 Å².